The average molecular weight is 497 g/mol. The van der Waals surface area contributed by atoms with E-state index in [0.29, 0.717) is 5.02 Å². The Morgan fingerprint density at radius 1 is 1.00 bits per heavy atom. The number of rotatable bonds is 3. The van der Waals surface area contributed by atoms with E-state index in [0.717, 1.165) is 12.1 Å². The van der Waals surface area contributed by atoms with Gasteiger partial charge >= 0.3 is 0 Å². The molecule has 11 heteroatoms. The lowest BCUT2D eigenvalue weighted by atomic mass is 9.73. The molecule has 2 aromatic carbocycles. The number of hydrogen-bond acceptors (Lipinski definition) is 5. The van der Waals surface area contributed by atoms with Gasteiger partial charge in [-0.25, -0.2) is 25.6 Å². The molecule has 0 bridgehead atoms. The summed E-state index contributed by atoms with van der Waals surface area (Å²) in [6, 6.07) is 7.07. The molecule has 0 spiro atoms. The Labute approximate surface area is 182 Å². The number of halogens is 4. The largest absolute Gasteiger partial charge is 0.490 e. The third-order valence-corrected chi connectivity index (χ3v) is 10.8. The van der Waals surface area contributed by atoms with E-state index in [-0.39, 0.29) is 30.8 Å². The van der Waals surface area contributed by atoms with E-state index in [2.05, 4.69) is 0 Å². The second kappa shape index (κ2) is 7.32. The molecule has 1 aliphatic heterocycles. The summed E-state index contributed by atoms with van der Waals surface area (Å²) in [4.78, 5) is -0.124. The standard InChI is InChI=1S/C19H16Cl2F2O5S2/c20-12-1-3-13(4-2-12)29(24,25)19-8-7-14(30(21,26)27)9-11(19)10-28-18-16(23)6-5-15(22)17(18)19/h1-6,11,14H,7-10H2/t11-,14-,19+/m1/s1. The smallest absolute Gasteiger partial charge is 0.235 e. The number of benzene rings is 2. The highest BCUT2D eigenvalue weighted by Gasteiger charge is 2.60. The van der Waals surface area contributed by atoms with Gasteiger partial charge in [-0.2, -0.15) is 0 Å². The normalized spacial score (nSPS) is 26.4. The van der Waals surface area contributed by atoms with Crippen molar-refractivity contribution in [2.75, 3.05) is 6.61 Å². The van der Waals surface area contributed by atoms with Crippen LogP contribution in [0.2, 0.25) is 5.02 Å². The Kier molecular flexibility index (Phi) is 5.32. The third-order valence-electron chi connectivity index (χ3n) is 5.96. The van der Waals surface area contributed by atoms with Crippen LogP contribution in [0.3, 0.4) is 0 Å². The summed E-state index contributed by atoms with van der Waals surface area (Å²) in [6.45, 7) is -0.289. The van der Waals surface area contributed by atoms with Crippen LogP contribution in [-0.4, -0.2) is 28.7 Å². The first kappa shape index (κ1) is 21.8. The van der Waals surface area contributed by atoms with Crippen molar-refractivity contribution in [3.63, 3.8) is 0 Å². The van der Waals surface area contributed by atoms with Crippen LogP contribution in [0.25, 0.3) is 0 Å². The number of fused-ring (bicyclic) bond motifs is 3. The van der Waals surface area contributed by atoms with E-state index in [1.807, 2.05) is 0 Å². The van der Waals surface area contributed by atoms with Gasteiger partial charge in [0, 0.05) is 21.6 Å². The third kappa shape index (κ3) is 3.21. The van der Waals surface area contributed by atoms with Crippen molar-refractivity contribution in [2.24, 2.45) is 5.92 Å². The summed E-state index contributed by atoms with van der Waals surface area (Å²) in [7, 11) is -2.76. The van der Waals surface area contributed by atoms with Crippen LogP contribution in [0.15, 0.2) is 41.3 Å². The van der Waals surface area contributed by atoms with Crippen molar-refractivity contribution in [1.29, 1.82) is 0 Å². The highest BCUT2D eigenvalue weighted by molar-refractivity contribution is 8.14. The van der Waals surface area contributed by atoms with E-state index in [9.17, 15) is 21.2 Å². The molecule has 1 aliphatic carbocycles. The van der Waals surface area contributed by atoms with Crippen LogP contribution in [0.1, 0.15) is 24.8 Å². The molecule has 0 saturated heterocycles. The SMILES string of the molecule is O=S(=O)(Cl)[C@@H]1CC[C@@]2(S(=O)(=O)c3ccc(Cl)cc3)c3c(F)ccc(F)c3OC[C@H]2C1. The van der Waals surface area contributed by atoms with Gasteiger partial charge in [-0.1, -0.05) is 11.6 Å². The molecule has 2 aliphatic rings. The van der Waals surface area contributed by atoms with Gasteiger partial charge in [-0.15, -0.1) is 0 Å². The Bertz CT molecular complexity index is 1220. The lowest BCUT2D eigenvalue weighted by Crippen LogP contribution is -2.53. The molecule has 1 heterocycles. The van der Waals surface area contributed by atoms with E-state index in [4.69, 9.17) is 27.0 Å². The fraction of sp³-hybridized carbons (Fsp3) is 0.368. The molecule has 0 unspecified atom stereocenters. The van der Waals surface area contributed by atoms with Crippen LogP contribution >= 0.6 is 22.3 Å². The summed E-state index contributed by atoms with van der Waals surface area (Å²) in [5.41, 5.74) is -0.404. The Hall–Kier alpha value is -1.42. The van der Waals surface area contributed by atoms with Crippen molar-refractivity contribution in [2.45, 2.75) is 34.2 Å². The molecule has 5 nitrogen and oxygen atoms in total. The van der Waals surface area contributed by atoms with Crippen LogP contribution in [0.5, 0.6) is 5.75 Å². The molecule has 162 valence electrons. The molecule has 1 fully saturated rings. The van der Waals surface area contributed by atoms with Crippen LogP contribution < -0.4 is 4.74 Å². The van der Waals surface area contributed by atoms with Crippen LogP contribution in [-0.2, 0) is 23.6 Å². The van der Waals surface area contributed by atoms with E-state index in [1.165, 1.54) is 24.3 Å². The highest BCUT2D eigenvalue weighted by atomic mass is 35.7. The van der Waals surface area contributed by atoms with Gasteiger partial charge in [0.15, 0.2) is 21.4 Å². The zero-order chi connectivity index (χ0) is 21.9. The van der Waals surface area contributed by atoms with Crippen molar-refractivity contribution >= 4 is 41.2 Å². The minimum atomic E-state index is -4.31. The monoisotopic (exact) mass is 496 g/mol. The molecule has 0 radical (unpaired) electrons. The molecule has 3 atom stereocenters. The molecule has 0 amide bonds. The Morgan fingerprint density at radius 3 is 2.27 bits per heavy atom. The van der Waals surface area contributed by atoms with Crippen LogP contribution in [0.4, 0.5) is 8.78 Å². The quantitative estimate of drug-likeness (QED) is 0.587. The maximum absolute atomic E-state index is 15.0. The first-order valence-corrected chi connectivity index (χ1v) is 13.3. The van der Waals surface area contributed by atoms with Gasteiger partial charge in [-0.05, 0) is 55.7 Å². The maximum Gasteiger partial charge on any atom is 0.235 e. The summed E-state index contributed by atoms with van der Waals surface area (Å²) < 4.78 is 84.6. The zero-order valence-electron chi connectivity index (χ0n) is 15.3. The summed E-state index contributed by atoms with van der Waals surface area (Å²) in [5, 5.41) is -0.705. The lowest BCUT2D eigenvalue weighted by molar-refractivity contribution is 0.126. The highest BCUT2D eigenvalue weighted by Crippen LogP contribution is 2.57. The number of hydrogen-bond donors (Lipinski definition) is 0. The predicted octanol–water partition coefficient (Wildman–Crippen LogP) is 4.42. The summed E-state index contributed by atoms with van der Waals surface area (Å²) in [5.74, 6) is -3.23. The molecule has 0 N–H and O–H groups in total. The lowest BCUT2D eigenvalue weighted by Gasteiger charge is -2.48. The fourth-order valence-corrected chi connectivity index (χ4v) is 8.39. The van der Waals surface area contributed by atoms with Gasteiger partial charge in [0.2, 0.25) is 9.05 Å². The van der Waals surface area contributed by atoms with Crippen molar-refractivity contribution in [1.82, 2.24) is 0 Å². The average Bonchev–Trinajstić information content (AvgIpc) is 2.69. The van der Waals surface area contributed by atoms with Crippen LogP contribution in [0, 0.1) is 17.6 Å². The van der Waals surface area contributed by atoms with Gasteiger partial charge in [0.05, 0.1) is 22.3 Å². The first-order valence-electron chi connectivity index (χ1n) is 9.03. The molecular formula is C19H16Cl2F2O5S2. The van der Waals surface area contributed by atoms with Gasteiger partial charge < -0.3 is 4.74 Å². The number of ether oxygens (including phenoxy) is 1. The topological polar surface area (TPSA) is 77.5 Å². The minimum Gasteiger partial charge on any atom is -0.490 e. The number of sulfone groups is 1. The molecule has 2 aromatic rings. The molecular weight excluding hydrogens is 481 g/mol. The van der Waals surface area contributed by atoms with Gasteiger partial charge in [0.1, 0.15) is 10.6 Å². The van der Waals surface area contributed by atoms with E-state index >= 15 is 4.39 Å². The second-order valence-corrected chi connectivity index (χ2v) is 13.0. The molecule has 0 aromatic heterocycles. The molecule has 1 saturated carbocycles. The van der Waals surface area contributed by atoms with E-state index in [1.54, 1.807) is 0 Å². The Balaban J connectivity index is 1.99. The van der Waals surface area contributed by atoms with Crippen molar-refractivity contribution < 1.29 is 30.4 Å². The van der Waals surface area contributed by atoms with Gasteiger partial charge in [-0.3, -0.25) is 0 Å². The minimum absolute atomic E-state index is 0.120. The predicted molar refractivity (Wildman–Crippen MR) is 108 cm³/mol. The second-order valence-electron chi connectivity index (χ2n) is 7.46. The Morgan fingerprint density at radius 2 is 1.63 bits per heavy atom. The zero-order valence-corrected chi connectivity index (χ0v) is 18.5. The summed E-state index contributed by atoms with van der Waals surface area (Å²) in [6.07, 6.45) is -0.533. The maximum atomic E-state index is 15.0. The van der Waals surface area contributed by atoms with Crippen molar-refractivity contribution in [3.8, 4) is 5.75 Å². The summed E-state index contributed by atoms with van der Waals surface area (Å²) >= 11 is 5.87. The fourth-order valence-electron chi connectivity index (χ4n) is 4.56. The molecule has 30 heavy (non-hydrogen) atoms. The van der Waals surface area contributed by atoms with E-state index < -0.39 is 57.8 Å². The van der Waals surface area contributed by atoms with Gasteiger partial charge in [0.25, 0.3) is 0 Å². The molecule has 4 rings (SSSR count). The first-order chi connectivity index (χ1) is 14.0. The van der Waals surface area contributed by atoms with Crippen molar-refractivity contribution in [3.05, 3.63) is 58.6 Å².